The fourth-order valence-corrected chi connectivity index (χ4v) is 2.45. The van der Waals surface area contributed by atoms with Gasteiger partial charge in [0.1, 0.15) is 5.78 Å². The number of carbonyl (C=O) groups is 1. The first kappa shape index (κ1) is 11.7. The average molecular weight is 196 g/mol. The maximum absolute atomic E-state index is 11.8. The van der Waals surface area contributed by atoms with E-state index in [9.17, 15) is 4.79 Å². The Labute approximate surface area is 88.3 Å². The molecule has 1 atom stereocenters. The molecule has 0 aromatic rings. The number of rotatable bonds is 5. The molecule has 1 aliphatic carbocycles. The van der Waals surface area contributed by atoms with Crippen LogP contribution in [0.15, 0.2) is 0 Å². The van der Waals surface area contributed by atoms with Gasteiger partial charge in [0.2, 0.25) is 0 Å². The lowest BCUT2D eigenvalue weighted by molar-refractivity contribution is -0.130. The van der Waals surface area contributed by atoms with E-state index in [1.807, 2.05) is 0 Å². The van der Waals surface area contributed by atoms with Crippen molar-refractivity contribution in [3.8, 4) is 0 Å². The molecule has 0 aliphatic heterocycles. The van der Waals surface area contributed by atoms with Crippen LogP contribution in [0.4, 0.5) is 0 Å². The third-order valence-electron chi connectivity index (χ3n) is 3.64. The van der Waals surface area contributed by atoms with Gasteiger partial charge in [-0.25, -0.2) is 0 Å². The third kappa shape index (κ3) is 3.11. The lowest BCUT2D eigenvalue weighted by Crippen LogP contribution is -2.30. The highest BCUT2D eigenvalue weighted by molar-refractivity contribution is 5.85. The summed E-state index contributed by atoms with van der Waals surface area (Å²) in [5.74, 6) is 0.528. The molecule has 0 N–H and O–H groups in total. The molecule has 1 aliphatic rings. The molecule has 1 heteroatoms. The largest absolute Gasteiger partial charge is 0.299 e. The van der Waals surface area contributed by atoms with Crippen LogP contribution in [-0.2, 0) is 4.79 Å². The van der Waals surface area contributed by atoms with E-state index in [4.69, 9.17) is 0 Å². The zero-order valence-electron chi connectivity index (χ0n) is 9.77. The highest BCUT2D eigenvalue weighted by Gasteiger charge is 2.33. The molecule has 0 aromatic heterocycles. The second-order valence-corrected chi connectivity index (χ2v) is 5.00. The van der Waals surface area contributed by atoms with Crippen LogP contribution in [0.25, 0.3) is 0 Å². The molecule has 82 valence electrons. The molecule has 0 aromatic carbocycles. The van der Waals surface area contributed by atoms with Gasteiger partial charge in [-0.1, -0.05) is 46.0 Å². The number of unbranched alkanes of at least 4 members (excludes halogenated alkanes) is 3. The van der Waals surface area contributed by atoms with Crippen molar-refractivity contribution in [3.63, 3.8) is 0 Å². The Morgan fingerprint density at radius 2 is 2.00 bits per heavy atom. The molecular formula is C13H24O. The SMILES string of the molecule is CCCCCC[C@@]1(C)CCCCC1=O. The first-order valence-electron chi connectivity index (χ1n) is 6.22. The van der Waals surface area contributed by atoms with Crippen molar-refractivity contribution in [2.24, 2.45) is 5.41 Å². The number of carbonyl (C=O) groups excluding carboxylic acids is 1. The Morgan fingerprint density at radius 1 is 1.21 bits per heavy atom. The Kier molecular flexibility index (Phi) is 4.64. The van der Waals surface area contributed by atoms with Gasteiger partial charge in [0.15, 0.2) is 0 Å². The van der Waals surface area contributed by atoms with Crippen LogP contribution in [0.2, 0.25) is 0 Å². The van der Waals surface area contributed by atoms with Gasteiger partial charge in [0.05, 0.1) is 0 Å². The molecule has 1 nitrogen and oxygen atoms in total. The number of hydrogen-bond acceptors (Lipinski definition) is 1. The van der Waals surface area contributed by atoms with E-state index in [2.05, 4.69) is 13.8 Å². The summed E-state index contributed by atoms with van der Waals surface area (Å²) in [4.78, 5) is 11.8. The highest BCUT2D eigenvalue weighted by atomic mass is 16.1. The summed E-state index contributed by atoms with van der Waals surface area (Å²) < 4.78 is 0. The van der Waals surface area contributed by atoms with Gasteiger partial charge in [-0.15, -0.1) is 0 Å². The first-order valence-corrected chi connectivity index (χ1v) is 6.22. The molecule has 0 amide bonds. The van der Waals surface area contributed by atoms with Crippen molar-refractivity contribution in [1.82, 2.24) is 0 Å². The summed E-state index contributed by atoms with van der Waals surface area (Å²) in [6.07, 6.45) is 10.7. The van der Waals surface area contributed by atoms with E-state index >= 15 is 0 Å². The smallest absolute Gasteiger partial charge is 0.138 e. The maximum Gasteiger partial charge on any atom is 0.138 e. The lowest BCUT2D eigenvalue weighted by atomic mass is 9.71. The van der Waals surface area contributed by atoms with Crippen LogP contribution in [0, 0.1) is 5.41 Å². The summed E-state index contributed by atoms with van der Waals surface area (Å²) >= 11 is 0. The Balaban J connectivity index is 2.28. The summed E-state index contributed by atoms with van der Waals surface area (Å²) in [6.45, 7) is 4.41. The quantitative estimate of drug-likeness (QED) is 0.605. The van der Waals surface area contributed by atoms with Crippen LogP contribution in [-0.4, -0.2) is 5.78 Å². The van der Waals surface area contributed by atoms with Crippen molar-refractivity contribution in [1.29, 1.82) is 0 Å². The molecule has 1 fully saturated rings. The fourth-order valence-electron chi connectivity index (χ4n) is 2.45. The normalized spacial score (nSPS) is 28.0. The van der Waals surface area contributed by atoms with Crippen molar-refractivity contribution in [2.75, 3.05) is 0 Å². The summed E-state index contributed by atoms with van der Waals surface area (Å²) in [5.41, 5.74) is 0.0476. The highest BCUT2D eigenvalue weighted by Crippen LogP contribution is 2.37. The Bertz CT molecular complexity index is 186. The maximum atomic E-state index is 11.8. The predicted octanol–water partition coefficient (Wildman–Crippen LogP) is 4.11. The zero-order valence-corrected chi connectivity index (χ0v) is 9.77. The Hall–Kier alpha value is -0.330. The van der Waals surface area contributed by atoms with Gasteiger partial charge < -0.3 is 0 Å². The standard InChI is InChI=1S/C13H24O/c1-3-4-5-7-10-13(2)11-8-6-9-12(13)14/h3-11H2,1-2H3/t13-/m0/s1. The van der Waals surface area contributed by atoms with Crippen LogP contribution >= 0.6 is 0 Å². The second-order valence-electron chi connectivity index (χ2n) is 5.00. The molecule has 0 spiro atoms. The van der Waals surface area contributed by atoms with Gasteiger partial charge in [-0.2, -0.15) is 0 Å². The molecule has 1 saturated carbocycles. The van der Waals surface area contributed by atoms with E-state index in [0.717, 1.165) is 25.7 Å². The molecular weight excluding hydrogens is 172 g/mol. The number of ketones is 1. The van der Waals surface area contributed by atoms with Crippen LogP contribution in [0.3, 0.4) is 0 Å². The van der Waals surface area contributed by atoms with Crippen LogP contribution < -0.4 is 0 Å². The first-order chi connectivity index (χ1) is 6.69. The van der Waals surface area contributed by atoms with Gasteiger partial charge in [0.25, 0.3) is 0 Å². The van der Waals surface area contributed by atoms with Crippen molar-refractivity contribution in [3.05, 3.63) is 0 Å². The topological polar surface area (TPSA) is 17.1 Å². The van der Waals surface area contributed by atoms with Crippen LogP contribution in [0.5, 0.6) is 0 Å². The van der Waals surface area contributed by atoms with Gasteiger partial charge in [0, 0.05) is 11.8 Å². The van der Waals surface area contributed by atoms with Gasteiger partial charge >= 0.3 is 0 Å². The van der Waals surface area contributed by atoms with Gasteiger partial charge in [-0.3, -0.25) is 4.79 Å². The molecule has 14 heavy (non-hydrogen) atoms. The summed E-state index contributed by atoms with van der Waals surface area (Å²) in [7, 11) is 0. The minimum Gasteiger partial charge on any atom is -0.299 e. The molecule has 0 unspecified atom stereocenters. The van der Waals surface area contributed by atoms with E-state index in [1.165, 1.54) is 32.1 Å². The zero-order chi connectivity index (χ0) is 10.4. The summed E-state index contributed by atoms with van der Waals surface area (Å²) in [6, 6.07) is 0. The van der Waals surface area contributed by atoms with Crippen molar-refractivity contribution >= 4 is 5.78 Å². The third-order valence-corrected chi connectivity index (χ3v) is 3.64. The predicted molar refractivity (Wildman–Crippen MR) is 60.3 cm³/mol. The van der Waals surface area contributed by atoms with Crippen LogP contribution in [0.1, 0.15) is 71.6 Å². The van der Waals surface area contributed by atoms with Gasteiger partial charge in [-0.05, 0) is 19.3 Å². The minimum atomic E-state index is 0.0476. The van der Waals surface area contributed by atoms with E-state index in [1.54, 1.807) is 0 Å². The molecule has 0 radical (unpaired) electrons. The molecule has 0 bridgehead atoms. The number of hydrogen-bond donors (Lipinski definition) is 0. The number of Topliss-reactive ketones (excluding diaryl/α,β-unsaturated/α-hetero) is 1. The summed E-state index contributed by atoms with van der Waals surface area (Å²) in [5, 5.41) is 0. The molecule has 0 heterocycles. The monoisotopic (exact) mass is 196 g/mol. The van der Waals surface area contributed by atoms with Crippen molar-refractivity contribution < 1.29 is 4.79 Å². The average Bonchev–Trinajstić information content (AvgIpc) is 2.18. The van der Waals surface area contributed by atoms with E-state index < -0.39 is 0 Å². The van der Waals surface area contributed by atoms with Crippen molar-refractivity contribution in [2.45, 2.75) is 71.6 Å². The van der Waals surface area contributed by atoms with E-state index in [-0.39, 0.29) is 5.41 Å². The minimum absolute atomic E-state index is 0.0476. The Morgan fingerprint density at radius 3 is 2.64 bits per heavy atom. The lowest BCUT2D eigenvalue weighted by Gasteiger charge is -2.32. The molecule has 0 saturated heterocycles. The fraction of sp³-hybridized carbons (Fsp3) is 0.923. The van der Waals surface area contributed by atoms with E-state index in [0.29, 0.717) is 5.78 Å². The molecule has 1 rings (SSSR count). The second kappa shape index (κ2) is 5.53.